The van der Waals surface area contributed by atoms with Crippen molar-refractivity contribution in [1.29, 1.82) is 0 Å². The second-order valence-electron chi connectivity index (χ2n) is 28.3. The van der Waals surface area contributed by atoms with Crippen LogP contribution in [0.1, 0.15) is 361 Å². The Morgan fingerprint density at radius 1 is 0.320 bits per heavy atom. The van der Waals surface area contributed by atoms with Gasteiger partial charge in [0.2, 0.25) is 0 Å². The Bertz CT molecular complexity index is 2020. The number of carboxylic acids is 1. The molecule has 0 aliphatic heterocycles. The van der Waals surface area contributed by atoms with E-state index >= 15 is 0 Å². The summed E-state index contributed by atoms with van der Waals surface area (Å²) >= 11 is 0. The van der Waals surface area contributed by atoms with Crippen molar-refractivity contribution >= 4 is 17.9 Å². The van der Waals surface area contributed by atoms with E-state index < -0.39 is 24.3 Å². The molecule has 0 aromatic carbocycles. The van der Waals surface area contributed by atoms with Gasteiger partial charge in [-0.05, 0) is 109 Å². The number of quaternary nitrogens is 1. The van der Waals surface area contributed by atoms with E-state index in [-0.39, 0.29) is 32.2 Å². The Morgan fingerprint density at radius 2 is 0.588 bits per heavy atom. The summed E-state index contributed by atoms with van der Waals surface area (Å²) in [6.07, 6.45) is 108. The number of allylic oxidation sites excluding steroid dienone is 20. The molecule has 0 aliphatic carbocycles. The molecule has 0 spiro atoms. The minimum atomic E-state index is -1.52. The van der Waals surface area contributed by atoms with Crippen LogP contribution in [0.4, 0.5) is 0 Å². The number of aliphatic carboxylic acids is 1. The Labute approximate surface area is 599 Å². The Morgan fingerprint density at radius 3 is 0.876 bits per heavy atom. The van der Waals surface area contributed by atoms with Gasteiger partial charge in [-0.3, -0.25) is 9.59 Å². The zero-order chi connectivity index (χ0) is 70.4. The van der Waals surface area contributed by atoms with Crippen LogP contribution in [0.25, 0.3) is 0 Å². The number of carbonyl (C=O) groups is 3. The summed E-state index contributed by atoms with van der Waals surface area (Å²) in [5.74, 6) is -2.01. The molecule has 0 amide bonds. The van der Waals surface area contributed by atoms with Crippen LogP contribution < -0.4 is 0 Å². The van der Waals surface area contributed by atoms with Gasteiger partial charge in [-0.15, -0.1) is 0 Å². The predicted molar refractivity (Wildman–Crippen MR) is 419 cm³/mol. The van der Waals surface area contributed by atoms with Gasteiger partial charge in [0, 0.05) is 12.8 Å². The molecule has 0 saturated heterocycles. The van der Waals surface area contributed by atoms with E-state index in [4.69, 9.17) is 18.9 Å². The Balaban J connectivity index is 4.03. The third-order valence-corrected chi connectivity index (χ3v) is 17.7. The maximum absolute atomic E-state index is 13.0. The second-order valence-corrected chi connectivity index (χ2v) is 28.3. The fourth-order valence-electron chi connectivity index (χ4n) is 11.5. The lowest BCUT2D eigenvalue weighted by Gasteiger charge is -2.25. The summed E-state index contributed by atoms with van der Waals surface area (Å²) in [7, 11) is 5.98. The number of carboxylic acid groups (broad SMARTS) is 1. The number of hydrogen-bond donors (Lipinski definition) is 1. The van der Waals surface area contributed by atoms with Crippen LogP contribution in [-0.4, -0.2) is 87.4 Å². The lowest BCUT2D eigenvalue weighted by molar-refractivity contribution is -0.870. The molecule has 0 radical (unpaired) electrons. The van der Waals surface area contributed by atoms with Crippen LogP contribution in [0, 0.1) is 0 Å². The molecule has 2 unspecified atom stereocenters. The van der Waals surface area contributed by atoms with E-state index in [1.165, 1.54) is 225 Å². The summed E-state index contributed by atoms with van der Waals surface area (Å²) < 4.78 is 23.0. The van der Waals surface area contributed by atoms with Crippen LogP contribution in [0.2, 0.25) is 0 Å². The first-order chi connectivity index (χ1) is 47.6. The Kier molecular flexibility index (Phi) is 74.0. The molecule has 0 heterocycles. The SMILES string of the molecule is CC/C=C\C/C=C\C/C=C\C/C=C\C/C=C\C/C=C\C/C=C\C/C=C\CCCCCCCCCCC(=O)OC(COC(=O)CCCCCCCCCCCCCCCCCCCCCCCCCCCCC/C=C\C/C=C\CCCCCCC)COC(OCC[N+](C)(C)C)C(=O)O. The quantitative estimate of drug-likeness (QED) is 0.0211. The molecule has 0 saturated carbocycles. The van der Waals surface area contributed by atoms with Crippen LogP contribution in [0.3, 0.4) is 0 Å². The Hall–Kier alpha value is -4.31. The maximum Gasteiger partial charge on any atom is 0.361 e. The summed E-state index contributed by atoms with van der Waals surface area (Å²) in [6.45, 7) is 4.77. The monoisotopic (exact) mass is 1350 g/mol. The van der Waals surface area contributed by atoms with Crippen molar-refractivity contribution in [2.45, 2.75) is 373 Å². The summed E-state index contributed by atoms with van der Waals surface area (Å²) in [4.78, 5) is 37.7. The lowest BCUT2D eigenvalue weighted by Crippen LogP contribution is -2.40. The first-order valence-electron chi connectivity index (χ1n) is 40.7. The van der Waals surface area contributed by atoms with Gasteiger partial charge in [0.25, 0.3) is 6.29 Å². The fraction of sp³-hybridized carbons (Fsp3) is 0.739. The molecule has 0 aliphatic rings. The van der Waals surface area contributed by atoms with E-state index in [1.807, 2.05) is 21.1 Å². The third kappa shape index (κ3) is 78.9. The first kappa shape index (κ1) is 92.7. The van der Waals surface area contributed by atoms with Crippen molar-refractivity contribution in [3.05, 3.63) is 122 Å². The smallest absolute Gasteiger partial charge is 0.361 e. The topological polar surface area (TPSA) is 108 Å². The average Bonchev–Trinajstić information content (AvgIpc) is 2.59. The molecule has 0 aromatic heterocycles. The second kappa shape index (κ2) is 77.4. The fourth-order valence-corrected chi connectivity index (χ4v) is 11.5. The van der Waals surface area contributed by atoms with Crippen molar-refractivity contribution in [2.75, 3.05) is 47.5 Å². The van der Waals surface area contributed by atoms with Crippen LogP contribution >= 0.6 is 0 Å². The zero-order valence-corrected chi connectivity index (χ0v) is 64.0. The number of rotatable bonds is 75. The highest BCUT2D eigenvalue weighted by Crippen LogP contribution is 2.19. The number of carbonyl (C=O) groups excluding carboxylic acids is 2. The first-order valence-corrected chi connectivity index (χ1v) is 40.7. The van der Waals surface area contributed by atoms with Crippen LogP contribution in [0.15, 0.2) is 122 Å². The van der Waals surface area contributed by atoms with Crippen molar-refractivity contribution in [3.63, 3.8) is 0 Å². The van der Waals surface area contributed by atoms with Gasteiger partial charge >= 0.3 is 17.9 Å². The maximum atomic E-state index is 13.0. The number of hydrogen-bond acceptors (Lipinski definition) is 7. The molecular weight excluding hydrogens is 1200 g/mol. The average molecular weight is 1350 g/mol. The molecular formula is C88H154NO8+. The molecule has 1 N–H and O–H groups in total. The van der Waals surface area contributed by atoms with Crippen molar-refractivity contribution in [3.8, 4) is 0 Å². The van der Waals surface area contributed by atoms with E-state index in [2.05, 4.69) is 135 Å². The molecule has 0 fully saturated rings. The van der Waals surface area contributed by atoms with E-state index in [0.717, 1.165) is 103 Å². The van der Waals surface area contributed by atoms with Gasteiger partial charge in [-0.25, -0.2) is 4.79 Å². The zero-order valence-electron chi connectivity index (χ0n) is 64.0. The number of nitrogens with zero attached hydrogens (tertiary/aromatic N) is 1. The van der Waals surface area contributed by atoms with E-state index in [1.54, 1.807) is 0 Å². The number of unbranched alkanes of at least 4 members (excludes halogenated alkanes) is 40. The molecule has 2 atom stereocenters. The molecule has 9 nitrogen and oxygen atoms in total. The van der Waals surface area contributed by atoms with Crippen LogP contribution in [-0.2, 0) is 33.3 Å². The highest BCUT2D eigenvalue weighted by atomic mass is 16.7. The number of ether oxygens (including phenoxy) is 4. The largest absolute Gasteiger partial charge is 0.477 e. The highest BCUT2D eigenvalue weighted by Gasteiger charge is 2.25. The molecule has 97 heavy (non-hydrogen) atoms. The van der Waals surface area contributed by atoms with Crippen molar-refractivity contribution < 1.29 is 42.9 Å². The van der Waals surface area contributed by atoms with Crippen molar-refractivity contribution in [2.24, 2.45) is 0 Å². The molecule has 9 heteroatoms. The van der Waals surface area contributed by atoms with Gasteiger partial charge in [0.05, 0.1) is 34.4 Å². The summed E-state index contributed by atoms with van der Waals surface area (Å²) in [5, 5.41) is 9.78. The van der Waals surface area contributed by atoms with Crippen molar-refractivity contribution in [1.82, 2.24) is 0 Å². The van der Waals surface area contributed by atoms with Gasteiger partial charge in [-0.1, -0.05) is 360 Å². The lowest BCUT2D eigenvalue weighted by atomic mass is 10.0. The number of likely N-dealkylation sites (N-methyl/N-ethyl adjacent to an activating group) is 1. The minimum absolute atomic E-state index is 0.182. The third-order valence-electron chi connectivity index (χ3n) is 17.7. The molecule has 0 rings (SSSR count). The van der Waals surface area contributed by atoms with E-state index in [0.29, 0.717) is 23.9 Å². The van der Waals surface area contributed by atoms with Gasteiger partial charge in [0.1, 0.15) is 13.2 Å². The summed E-state index contributed by atoms with van der Waals surface area (Å²) in [6, 6.07) is 0. The normalized spacial score (nSPS) is 13.3. The van der Waals surface area contributed by atoms with Gasteiger partial charge < -0.3 is 28.5 Å². The number of esters is 2. The van der Waals surface area contributed by atoms with Gasteiger partial charge in [0.15, 0.2) is 6.10 Å². The standard InChI is InChI=1S/C88H153NO8/c1-6-8-10-12-14-16-18-20-22-24-26-28-30-32-34-36-38-40-41-42-43-44-45-47-48-50-52-54-56-58-60-62-64-66-68-70-72-74-76-78-85(90)95-82-84(83-96-88(87(92)93)94-81-80-89(3,4)5)97-86(91)79-77-75-73-71-69-67-65-63-61-59-57-55-53-51-49-46-39-37-35-33-31-29-27-25-23-21-19-17-15-13-11-9-7-2/h9,11,15,17-18,20-21,23-24,26-27,29,33,35,39,46,51,53,57,59,84,88H,6-8,10,12-14,16,19,22,25,28,30-32,34,36-38,40-45,47-50,52,54-56,58,60-83H2,1-5H3/p+1/b11-9-,17-15-,20-18-,23-21-,26-24-,29-27-,35-33-,46-39-,53-51-,59-57-. The highest BCUT2D eigenvalue weighted by molar-refractivity contribution is 5.71. The predicted octanol–water partition coefficient (Wildman–Crippen LogP) is 26.3. The molecule has 558 valence electrons. The minimum Gasteiger partial charge on any atom is -0.477 e. The summed E-state index contributed by atoms with van der Waals surface area (Å²) in [5.41, 5.74) is 0. The van der Waals surface area contributed by atoms with Crippen LogP contribution in [0.5, 0.6) is 0 Å². The molecule has 0 bridgehead atoms. The van der Waals surface area contributed by atoms with E-state index in [9.17, 15) is 19.5 Å². The van der Waals surface area contributed by atoms with Gasteiger partial charge in [-0.2, -0.15) is 0 Å². The molecule has 0 aromatic rings.